The number of hydrogen-bond donors (Lipinski definition) is 0. The largest absolute Gasteiger partial charge is 0.481 e. The molecule has 0 saturated carbocycles. The molecule has 0 aromatic carbocycles. The molecule has 0 heterocycles. The third kappa shape index (κ3) is 4.10. The van der Waals surface area contributed by atoms with E-state index in [4.69, 9.17) is 4.74 Å². The zero-order valence-electron chi connectivity index (χ0n) is 7.87. The summed E-state index contributed by atoms with van der Waals surface area (Å²) < 4.78 is 9.38. The molecule has 0 aliphatic carbocycles. The smallest absolute Gasteiger partial charge is 0.357 e. The van der Waals surface area contributed by atoms with Crippen molar-refractivity contribution in [1.82, 2.24) is 0 Å². The lowest BCUT2D eigenvalue weighted by atomic mass is 10.4. The standard InChI is InChI=1S/C9H13NO3/c1-5-8(9(11)13-6-2)10-7(3)12-4/h5H,1,3,6H2,2,4H3/b10-8+. The van der Waals surface area contributed by atoms with E-state index in [2.05, 4.69) is 22.9 Å². The average Bonchev–Trinajstić information content (AvgIpc) is 2.14. The number of aliphatic imine (C=N–C) groups is 1. The number of ether oxygens (including phenoxy) is 2. The fourth-order valence-corrected chi connectivity index (χ4v) is 0.560. The highest BCUT2D eigenvalue weighted by Gasteiger charge is 2.08. The van der Waals surface area contributed by atoms with Crippen LogP contribution in [-0.2, 0) is 14.3 Å². The molecule has 0 aliphatic rings. The average molecular weight is 183 g/mol. The van der Waals surface area contributed by atoms with E-state index < -0.39 is 5.97 Å². The molecule has 0 bridgehead atoms. The summed E-state index contributed by atoms with van der Waals surface area (Å²) in [6.45, 7) is 8.87. The van der Waals surface area contributed by atoms with Gasteiger partial charge in [0.25, 0.3) is 0 Å². The lowest BCUT2D eigenvalue weighted by Crippen LogP contribution is -2.15. The van der Waals surface area contributed by atoms with Gasteiger partial charge in [-0.05, 0) is 19.6 Å². The van der Waals surface area contributed by atoms with E-state index >= 15 is 0 Å². The van der Waals surface area contributed by atoms with Crippen molar-refractivity contribution in [1.29, 1.82) is 0 Å². The Labute approximate surface area is 77.6 Å². The second-order valence-electron chi connectivity index (χ2n) is 2.02. The van der Waals surface area contributed by atoms with Crippen LogP contribution in [-0.4, -0.2) is 25.4 Å². The molecule has 72 valence electrons. The van der Waals surface area contributed by atoms with Gasteiger partial charge in [-0.1, -0.05) is 6.58 Å². The van der Waals surface area contributed by atoms with E-state index in [0.29, 0.717) is 6.61 Å². The van der Waals surface area contributed by atoms with Crippen LogP contribution in [0.5, 0.6) is 0 Å². The minimum Gasteiger partial charge on any atom is -0.481 e. The lowest BCUT2D eigenvalue weighted by molar-refractivity contribution is -0.134. The van der Waals surface area contributed by atoms with Crippen molar-refractivity contribution in [3.05, 3.63) is 25.1 Å². The first-order chi connectivity index (χ1) is 6.15. The summed E-state index contributed by atoms with van der Waals surface area (Å²) in [6, 6.07) is 0. The van der Waals surface area contributed by atoms with Crippen LogP contribution in [0.25, 0.3) is 0 Å². The molecule has 0 spiro atoms. The van der Waals surface area contributed by atoms with Crippen LogP contribution in [0.2, 0.25) is 0 Å². The molecular weight excluding hydrogens is 170 g/mol. The predicted molar refractivity (Wildman–Crippen MR) is 50.4 cm³/mol. The Morgan fingerprint density at radius 3 is 2.62 bits per heavy atom. The zero-order valence-corrected chi connectivity index (χ0v) is 7.87. The normalized spacial score (nSPS) is 10.5. The molecule has 0 fully saturated rings. The number of carbonyl (C=O) groups excluding carboxylic acids is 1. The van der Waals surface area contributed by atoms with Crippen LogP contribution >= 0.6 is 0 Å². The molecule has 0 atom stereocenters. The first-order valence-electron chi connectivity index (χ1n) is 3.76. The number of rotatable bonds is 5. The molecule has 0 aromatic heterocycles. The summed E-state index contributed by atoms with van der Waals surface area (Å²) >= 11 is 0. The Morgan fingerprint density at radius 1 is 1.62 bits per heavy atom. The highest BCUT2D eigenvalue weighted by atomic mass is 16.5. The summed E-state index contributed by atoms with van der Waals surface area (Å²) in [5.74, 6) is -0.390. The van der Waals surface area contributed by atoms with Crippen molar-refractivity contribution in [2.75, 3.05) is 13.7 Å². The molecular formula is C9H13NO3. The number of carbonyl (C=O) groups is 1. The minimum atomic E-state index is -0.532. The maximum atomic E-state index is 11.1. The first kappa shape index (κ1) is 11.4. The van der Waals surface area contributed by atoms with E-state index in [1.54, 1.807) is 6.92 Å². The Kier molecular flexibility index (Phi) is 5.27. The van der Waals surface area contributed by atoms with Crippen molar-refractivity contribution in [3.63, 3.8) is 0 Å². The van der Waals surface area contributed by atoms with Gasteiger partial charge in [-0.25, -0.2) is 9.79 Å². The number of hydrogen-bond acceptors (Lipinski definition) is 4. The monoisotopic (exact) mass is 183 g/mol. The maximum Gasteiger partial charge on any atom is 0.357 e. The van der Waals surface area contributed by atoms with E-state index in [9.17, 15) is 4.79 Å². The van der Waals surface area contributed by atoms with Crippen LogP contribution in [0.4, 0.5) is 0 Å². The van der Waals surface area contributed by atoms with E-state index in [1.165, 1.54) is 13.2 Å². The van der Waals surface area contributed by atoms with Gasteiger partial charge < -0.3 is 9.47 Å². The summed E-state index contributed by atoms with van der Waals surface area (Å²) in [5.41, 5.74) is 0.0914. The van der Waals surface area contributed by atoms with Gasteiger partial charge in [0.2, 0.25) is 5.88 Å². The third-order valence-corrected chi connectivity index (χ3v) is 1.16. The molecule has 0 radical (unpaired) electrons. The summed E-state index contributed by atoms with van der Waals surface area (Å²) in [6.07, 6.45) is 1.29. The third-order valence-electron chi connectivity index (χ3n) is 1.16. The summed E-state index contributed by atoms with van der Waals surface area (Å²) in [4.78, 5) is 14.8. The predicted octanol–water partition coefficient (Wildman–Crippen LogP) is 1.29. The number of methoxy groups -OCH3 is 1. The molecule has 0 aliphatic heterocycles. The van der Waals surface area contributed by atoms with Gasteiger partial charge in [0, 0.05) is 0 Å². The number of nitrogens with zero attached hydrogens (tertiary/aromatic N) is 1. The van der Waals surface area contributed by atoms with Crippen LogP contribution in [0.15, 0.2) is 30.1 Å². The molecule has 4 nitrogen and oxygen atoms in total. The highest BCUT2D eigenvalue weighted by Crippen LogP contribution is 1.96. The first-order valence-corrected chi connectivity index (χ1v) is 3.76. The Hall–Kier alpha value is -1.58. The highest BCUT2D eigenvalue weighted by molar-refractivity contribution is 6.41. The Balaban J connectivity index is 4.49. The Morgan fingerprint density at radius 2 is 2.23 bits per heavy atom. The summed E-state index contributed by atoms with van der Waals surface area (Å²) in [7, 11) is 1.41. The fourth-order valence-electron chi connectivity index (χ4n) is 0.560. The Bertz CT molecular complexity index is 243. The van der Waals surface area contributed by atoms with Crippen LogP contribution < -0.4 is 0 Å². The van der Waals surface area contributed by atoms with Gasteiger partial charge in [-0.15, -0.1) is 0 Å². The van der Waals surface area contributed by atoms with E-state index in [0.717, 1.165) is 0 Å². The second-order valence-corrected chi connectivity index (χ2v) is 2.02. The van der Waals surface area contributed by atoms with Crippen molar-refractivity contribution >= 4 is 11.7 Å². The van der Waals surface area contributed by atoms with Crippen molar-refractivity contribution in [3.8, 4) is 0 Å². The molecule has 13 heavy (non-hydrogen) atoms. The topological polar surface area (TPSA) is 47.9 Å². The molecule has 0 saturated heterocycles. The van der Waals surface area contributed by atoms with Gasteiger partial charge in [-0.2, -0.15) is 0 Å². The van der Waals surface area contributed by atoms with Gasteiger partial charge in [0.05, 0.1) is 13.7 Å². The summed E-state index contributed by atoms with van der Waals surface area (Å²) in [5, 5.41) is 0. The SMILES string of the molecule is C=C/C(=N\C(=C)OC)C(=O)OCC. The zero-order chi connectivity index (χ0) is 10.3. The van der Waals surface area contributed by atoms with Crippen LogP contribution in [0.1, 0.15) is 6.92 Å². The minimum absolute atomic E-state index is 0.0914. The van der Waals surface area contributed by atoms with Gasteiger partial charge in [0.1, 0.15) is 0 Å². The van der Waals surface area contributed by atoms with Gasteiger partial charge >= 0.3 is 5.97 Å². The number of esters is 1. The fraction of sp³-hybridized carbons (Fsp3) is 0.333. The van der Waals surface area contributed by atoms with E-state index in [-0.39, 0.29) is 11.6 Å². The molecule has 0 aromatic rings. The lowest BCUT2D eigenvalue weighted by Gasteiger charge is -2.01. The van der Waals surface area contributed by atoms with Crippen molar-refractivity contribution in [2.45, 2.75) is 6.92 Å². The molecule has 0 amide bonds. The van der Waals surface area contributed by atoms with Crippen molar-refractivity contribution in [2.24, 2.45) is 4.99 Å². The van der Waals surface area contributed by atoms with Crippen LogP contribution in [0.3, 0.4) is 0 Å². The molecule has 0 N–H and O–H groups in total. The van der Waals surface area contributed by atoms with Crippen LogP contribution in [0, 0.1) is 0 Å². The van der Waals surface area contributed by atoms with E-state index in [1.807, 2.05) is 0 Å². The maximum absolute atomic E-state index is 11.1. The van der Waals surface area contributed by atoms with Gasteiger partial charge in [-0.3, -0.25) is 0 Å². The molecule has 0 rings (SSSR count). The van der Waals surface area contributed by atoms with Crippen molar-refractivity contribution < 1.29 is 14.3 Å². The van der Waals surface area contributed by atoms with Gasteiger partial charge in [0.15, 0.2) is 5.71 Å². The second kappa shape index (κ2) is 5.99. The molecule has 4 heteroatoms. The quantitative estimate of drug-likeness (QED) is 0.366. The molecule has 0 unspecified atom stereocenters.